The quantitative estimate of drug-likeness (QED) is 0.705. The minimum atomic E-state index is -0.251. The van der Waals surface area contributed by atoms with Gasteiger partial charge in [0, 0.05) is 22.1 Å². The third-order valence-corrected chi connectivity index (χ3v) is 3.41. The lowest BCUT2D eigenvalue weighted by Gasteiger charge is -2.04. The molecule has 4 heteroatoms. The number of pyridine rings is 1. The molecular formula is C10H6BrClFN. The maximum Gasteiger partial charge on any atom is 0.128 e. The molecule has 0 fully saturated rings. The number of aryl methyl sites for hydroxylation is 1. The standard InChI is InChI=1S/C10H6BrClFN/c1-5-2-6-9(3-8(5)13)14-4-7(12)10(6)11/h2-4H,1H3. The lowest BCUT2D eigenvalue weighted by Crippen LogP contribution is -1.87. The molecule has 1 aromatic carbocycles. The van der Waals surface area contributed by atoms with Crippen molar-refractivity contribution >= 4 is 38.4 Å². The largest absolute Gasteiger partial charge is 0.255 e. The molecule has 2 aromatic rings. The Labute approximate surface area is 94.0 Å². The molecule has 0 aliphatic carbocycles. The van der Waals surface area contributed by atoms with Crippen molar-refractivity contribution in [3.8, 4) is 0 Å². The molecule has 1 heterocycles. The number of benzene rings is 1. The van der Waals surface area contributed by atoms with Crippen molar-refractivity contribution in [1.82, 2.24) is 4.98 Å². The molecule has 0 atom stereocenters. The first-order valence-corrected chi connectivity index (χ1v) is 5.16. The van der Waals surface area contributed by atoms with Crippen LogP contribution < -0.4 is 0 Å². The van der Waals surface area contributed by atoms with Gasteiger partial charge in [0.25, 0.3) is 0 Å². The summed E-state index contributed by atoms with van der Waals surface area (Å²) in [7, 11) is 0. The highest BCUT2D eigenvalue weighted by molar-refractivity contribution is 9.10. The van der Waals surface area contributed by atoms with E-state index in [9.17, 15) is 4.39 Å². The fourth-order valence-electron chi connectivity index (χ4n) is 1.27. The first kappa shape index (κ1) is 9.87. The average Bonchev–Trinajstić information content (AvgIpc) is 2.15. The van der Waals surface area contributed by atoms with Gasteiger partial charge in [-0.05, 0) is 34.5 Å². The van der Waals surface area contributed by atoms with E-state index in [1.165, 1.54) is 12.3 Å². The van der Waals surface area contributed by atoms with Gasteiger partial charge in [0.15, 0.2) is 0 Å². The molecule has 2 rings (SSSR count). The Morgan fingerprint density at radius 3 is 2.86 bits per heavy atom. The zero-order valence-electron chi connectivity index (χ0n) is 7.31. The highest BCUT2D eigenvalue weighted by Gasteiger charge is 2.07. The molecule has 0 unspecified atom stereocenters. The molecule has 0 saturated heterocycles. The molecule has 14 heavy (non-hydrogen) atoms. The Morgan fingerprint density at radius 2 is 2.14 bits per heavy atom. The van der Waals surface area contributed by atoms with Gasteiger partial charge >= 0.3 is 0 Å². The van der Waals surface area contributed by atoms with Gasteiger partial charge in [0.1, 0.15) is 5.82 Å². The third kappa shape index (κ3) is 1.51. The molecule has 0 aliphatic heterocycles. The molecule has 0 saturated carbocycles. The van der Waals surface area contributed by atoms with E-state index in [1.807, 2.05) is 0 Å². The summed E-state index contributed by atoms with van der Waals surface area (Å²) in [5.41, 5.74) is 1.19. The van der Waals surface area contributed by atoms with Gasteiger partial charge in [-0.3, -0.25) is 4.98 Å². The second kappa shape index (κ2) is 3.48. The van der Waals surface area contributed by atoms with Crippen LogP contribution >= 0.6 is 27.5 Å². The number of hydrogen-bond acceptors (Lipinski definition) is 1. The number of nitrogens with zero attached hydrogens (tertiary/aromatic N) is 1. The van der Waals surface area contributed by atoms with Crippen molar-refractivity contribution in [2.45, 2.75) is 6.92 Å². The molecule has 1 aromatic heterocycles. The van der Waals surface area contributed by atoms with Crippen molar-refractivity contribution < 1.29 is 4.39 Å². The molecule has 0 N–H and O–H groups in total. The molecule has 72 valence electrons. The van der Waals surface area contributed by atoms with E-state index in [0.717, 1.165) is 9.86 Å². The van der Waals surface area contributed by atoms with Gasteiger partial charge in [-0.1, -0.05) is 11.6 Å². The van der Waals surface area contributed by atoms with Gasteiger partial charge in [-0.15, -0.1) is 0 Å². The second-order valence-electron chi connectivity index (χ2n) is 3.04. The van der Waals surface area contributed by atoms with Crippen LogP contribution in [0.25, 0.3) is 10.9 Å². The van der Waals surface area contributed by atoms with E-state index >= 15 is 0 Å². The Kier molecular flexibility index (Phi) is 2.45. The number of fused-ring (bicyclic) bond motifs is 1. The van der Waals surface area contributed by atoms with Crippen molar-refractivity contribution in [1.29, 1.82) is 0 Å². The summed E-state index contributed by atoms with van der Waals surface area (Å²) in [5, 5.41) is 1.36. The third-order valence-electron chi connectivity index (χ3n) is 2.04. The molecule has 0 aliphatic rings. The summed E-state index contributed by atoms with van der Waals surface area (Å²) in [5.74, 6) is -0.251. The number of halogens is 3. The van der Waals surface area contributed by atoms with Crippen molar-refractivity contribution in [3.63, 3.8) is 0 Å². The van der Waals surface area contributed by atoms with Crippen LogP contribution in [0, 0.1) is 12.7 Å². The van der Waals surface area contributed by atoms with E-state index in [2.05, 4.69) is 20.9 Å². The summed E-state index contributed by atoms with van der Waals surface area (Å²) in [6.45, 7) is 1.71. The topological polar surface area (TPSA) is 12.9 Å². The van der Waals surface area contributed by atoms with Crippen LogP contribution in [0.4, 0.5) is 4.39 Å². The van der Waals surface area contributed by atoms with Crippen molar-refractivity contribution in [3.05, 3.63) is 39.2 Å². The van der Waals surface area contributed by atoms with Gasteiger partial charge in [0.05, 0.1) is 10.5 Å². The summed E-state index contributed by atoms with van der Waals surface area (Å²) >= 11 is 9.22. The zero-order chi connectivity index (χ0) is 10.3. The van der Waals surface area contributed by atoms with E-state index in [-0.39, 0.29) is 5.82 Å². The lowest BCUT2D eigenvalue weighted by molar-refractivity contribution is 0.620. The zero-order valence-corrected chi connectivity index (χ0v) is 9.66. The van der Waals surface area contributed by atoms with E-state index in [1.54, 1.807) is 13.0 Å². The lowest BCUT2D eigenvalue weighted by atomic mass is 10.1. The highest BCUT2D eigenvalue weighted by atomic mass is 79.9. The SMILES string of the molecule is Cc1cc2c(Br)c(Cl)cnc2cc1F. The Bertz CT molecular complexity index is 513. The van der Waals surface area contributed by atoms with Crippen LogP contribution in [0.5, 0.6) is 0 Å². The van der Waals surface area contributed by atoms with Crippen LogP contribution in [0.3, 0.4) is 0 Å². The van der Waals surface area contributed by atoms with Crippen LogP contribution in [0.15, 0.2) is 22.8 Å². The van der Waals surface area contributed by atoms with Crippen molar-refractivity contribution in [2.24, 2.45) is 0 Å². The Balaban J connectivity index is 2.89. The molecule has 0 bridgehead atoms. The van der Waals surface area contributed by atoms with Gasteiger partial charge in [0.2, 0.25) is 0 Å². The summed E-state index contributed by atoms with van der Waals surface area (Å²) < 4.78 is 13.9. The maximum atomic E-state index is 13.2. The maximum absolute atomic E-state index is 13.2. The molecule has 1 nitrogen and oxygen atoms in total. The van der Waals surface area contributed by atoms with Crippen LogP contribution in [-0.4, -0.2) is 4.98 Å². The molecule has 0 amide bonds. The second-order valence-corrected chi connectivity index (χ2v) is 4.24. The fourth-order valence-corrected chi connectivity index (χ4v) is 1.84. The van der Waals surface area contributed by atoms with E-state index < -0.39 is 0 Å². The summed E-state index contributed by atoms with van der Waals surface area (Å²) in [6, 6.07) is 3.14. The molecule has 0 spiro atoms. The Hall–Kier alpha value is -0.670. The molecule has 0 radical (unpaired) electrons. The van der Waals surface area contributed by atoms with Crippen LogP contribution in [0.2, 0.25) is 5.02 Å². The monoisotopic (exact) mass is 273 g/mol. The smallest absolute Gasteiger partial charge is 0.128 e. The predicted molar refractivity (Wildman–Crippen MR) is 59.1 cm³/mol. The summed E-state index contributed by atoms with van der Waals surface area (Å²) in [6.07, 6.45) is 1.50. The Morgan fingerprint density at radius 1 is 1.43 bits per heavy atom. The molecular weight excluding hydrogens is 268 g/mol. The average molecular weight is 275 g/mol. The van der Waals surface area contributed by atoms with Gasteiger partial charge in [-0.25, -0.2) is 4.39 Å². The number of hydrogen-bond donors (Lipinski definition) is 0. The normalized spacial score (nSPS) is 10.9. The van der Waals surface area contributed by atoms with Gasteiger partial charge in [-0.2, -0.15) is 0 Å². The van der Waals surface area contributed by atoms with E-state index in [4.69, 9.17) is 11.6 Å². The van der Waals surface area contributed by atoms with E-state index in [0.29, 0.717) is 16.1 Å². The predicted octanol–water partition coefficient (Wildman–Crippen LogP) is 4.10. The van der Waals surface area contributed by atoms with Gasteiger partial charge < -0.3 is 0 Å². The minimum absolute atomic E-state index is 0.251. The fraction of sp³-hybridized carbons (Fsp3) is 0.100. The first-order valence-electron chi connectivity index (χ1n) is 3.99. The van der Waals surface area contributed by atoms with Crippen LogP contribution in [0.1, 0.15) is 5.56 Å². The van der Waals surface area contributed by atoms with Crippen molar-refractivity contribution in [2.75, 3.05) is 0 Å². The summed E-state index contributed by atoms with van der Waals surface area (Å²) in [4.78, 5) is 4.04. The first-order chi connectivity index (χ1) is 6.59. The minimum Gasteiger partial charge on any atom is -0.255 e. The highest BCUT2D eigenvalue weighted by Crippen LogP contribution is 2.30. The number of aromatic nitrogens is 1. The van der Waals surface area contributed by atoms with Crippen LogP contribution in [-0.2, 0) is 0 Å². The number of rotatable bonds is 0.